The second-order valence-corrected chi connectivity index (χ2v) is 3.95. The first kappa shape index (κ1) is 13.4. The van der Waals surface area contributed by atoms with Gasteiger partial charge < -0.3 is 10.1 Å². The van der Waals surface area contributed by atoms with Crippen molar-refractivity contribution in [1.29, 1.82) is 0 Å². The molecule has 0 spiro atoms. The summed E-state index contributed by atoms with van der Waals surface area (Å²) >= 11 is 2.13. The van der Waals surface area contributed by atoms with E-state index in [0.717, 1.165) is 6.42 Å². The maximum Gasteiger partial charge on any atom is 0.251 e. The Morgan fingerprint density at radius 2 is 2.06 bits per heavy atom. The van der Waals surface area contributed by atoms with E-state index in [-0.39, 0.29) is 5.91 Å². The van der Waals surface area contributed by atoms with Crippen LogP contribution in [0, 0.1) is 0 Å². The number of alkyl halides is 1. The van der Waals surface area contributed by atoms with Crippen LogP contribution in [-0.4, -0.2) is 23.7 Å². The third-order valence-electron chi connectivity index (χ3n) is 2.23. The summed E-state index contributed by atoms with van der Waals surface area (Å²) in [4.78, 5) is 11.6. The molecule has 1 N–H and O–H groups in total. The maximum atomic E-state index is 11.6. The van der Waals surface area contributed by atoms with Gasteiger partial charge >= 0.3 is 0 Å². The molecule has 1 amide bonds. The van der Waals surface area contributed by atoms with Crippen molar-refractivity contribution in [1.82, 2.24) is 5.32 Å². The zero-order valence-corrected chi connectivity index (χ0v) is 11.5. The average molecular weight is 333 g/mol. The largest absolute Gasteiger partial charge is 0.369 e. The Hall–Kier alpha value is -0.620. The molecule has 1 aromatic carbocycles. The Kier molecular flexibility index (Phi) is 6.40. The highest BCUT2D eigenvalue weighted by Gasteiger charge is 2.03. The van der Waals surface area contributed by atoms with Gasteiger partial charge in [-0.05, 0) is 24.1 Å². The zero-order chi connectivity index (χ0) is 11.8. The van der Waals surface area contributed by atoms with Gasteiger partial charge in [0.2, 0.25) is 0 Å². The molecule has 16 heavy (non-hydrogen) atoms. The average Bonchev–Trinajstić information content (AvgIpc) is 2.34. The molecule has 1 rings (SSSR count). The minimum atomic E-state index is -0.0419. The highest BCUT2D eigenvalue weighted by molar-refractivity contribution is 14.1. The van der Waals surface area contributed by atoms with Crippen LogP contribution < -0.4 is 5.32 Å². The van der Waals surface area contributed by atoms with Crippen molar-refractivity contribution in [3.8, 4) is 0 Å². The molecule has 0 atom stereocenters. The third-order valence-corrected chi connectivity index (χ3v) is 2.67. The number of hydrogen-bond donors (Lipinski definition) is 1. The molecule has 0 aliphatic carbocycles. The van der Waals surface area contributed by atoms with Crippen LogP contribution in [0.2, 0.25) is 0 Å². The molecule has 0 aliphatic rings. The van der Waals surface area contributed by atoms with Crippen molar-refractivity contribution in [2.45, 2.75) is 13.3 Å². The van der Waals surface area contributed by atoms with E-state index in [1.807, 2.05) is 24.3 Å². The van der Waals surface area contributed by atoms with Gasteiger partial charge in [0.25, 0.3) is 5.91 Å². The smallest absolute Gasteiger partial charge is 0.251 e. The molecular weight excluding hydrogens is 317 g/mol. The second kappa shape index (κ2) is 7.62. The molecule has 0 saturated carbocycles. The molecule has 0 fully saturated rings. The first-order valence-electron chi connectivity index (χ1n) is 5.28. The molecule has 0 bridgehead atoms. The Labute approximate surface area is 110 Å². The molecule has 0 saturated heterocycles. The minimum absolute atomic E-state index is 0.0419. The lowest BCUT2D eigenvalue weighted by Gasteiger charge is -2.05. The predicted molar refractivity (Wildman–Crippen MR) is 73.0 cm³/mol. The fourth-order valence-corrected chi connectivity index (χ4v) is 1.60. The molecule has 88 valence electrons. The number of nitrogens with one attached hydrogen (secondary N) is 1. The first-order valence-corrected chi connectivity index (χ1v) is 6.81. The van der Waals surface area contributed by atoms with Crippen molar-refractivity contribution in [3.05, 3.63) is 35.4 Å². The van der Waals surface area contributed by atoms with E-state index in [1.165, 1.54) is 5.56 Å². The predicted octanol–water partition coefficient (Wildman–Crippen LogP) is 2.39. The van der Waals surface area contributed by atoms with Crippen LogP contribution in [0.25, 0.3) is 0 Å². The maximum absolute atomic E-state index is 11.6. The third kappa shape index (κ3) is 4.49. The van der Waals surface area contributed by atoms with Crippen molar-refractivity contribution >= 4 is 28.5 Å². The van der Waals surface area contributed by atoms with Gasteiger partial charge in [0.05, 0.1) is 11.2 Å². The van der Waals surface area contributed by atoms with Crippen molar-refractivity contribution in [2.24, 2.45) is 0 Å². The topological polar surface area (TPSA) is 38.3 Å². The number of halogens is 1. The Morgan fingerprint density at radius 1 is 1.38 bits per heavy atom. The standard InChI is InChI=1S/C12H16INO2/c1-2-10-3-5-11(6-4-10)12(15)14-7-8-16-9-13/h3-6H,2,7-9H2,1H3,(H,14,15). The van der Waals surface area contributed by atoms with Gasteiger partial charge in [-0.15, -0.1) is 0 Å². The van der Waals surface area contributed by atoms with Gasteiger partial charge in [0, 0.05) is 12.1 Å². The summed E-state index contributed by atoms with van der Waals surface area (Å²) in [5.74, 6) is -0.0419. The molecule has 3 nitrogen and oxygen atoms in total. The van der Waals surface area contributed by atoms with Gasteiger partial charge in [0.15, 0.2) is 0 Å². The quantitative estimate of drug-likeness (QED) is 0.493. The fraction of sp³-hybridized carbons (Fsp3) is 0.417. The van der Waals surface area contributed by atoms with E-state index in [0.29, 0.717) is 23.3 Å². The Balaban J connectivity index is 2.40. The summed E-state index contributed by atoms with van der Waals surface area (Å²) in [6, 6.07) is 7.67. The van der Waals surface area contributed by atoms with E-state index in [2.05, 4.69) is 34.8 Å². The van der Waals surface area contributed by atoms with Crippen LogP contribution in [-0.2, 0) is 11.2 Å². The van der Waals surface area contributed by atoms with E-state index in [4.69, 9.17) is 4.74 Å². The summed E-state index contributed by atoms with van der Waals surface area (Å²) in [6.07, 6.45) is 0.991. The molecule has 0 unspecified atom stereocenters. The second-order valence-electron chi connectivity index (χ2n) is 3.32. The number of carbonyl (C=O) groups excluding carboxylic acids is 1. The highest BCUT2D eigenvalue weighted by Crippen LogP contribution is 2.04. The summed E-state index contributed by atoms with van der Waals surface area (Å²) in [5.41, 5.74) is 1.94. The number of aryl methyl sites for hydroxylation is 1. The fourth-order valence-electron chi connectivity index (χ4n) is 1.29. The van der Waals surface area contributed by atoms with Crippen LogP contribution in [0.3, 0.4) is 0 Å². The number of benzene rings is 1. The summed E-state index contributed by atoms with van der Waals surface area (Å²) in [5, 5.41) is 2.80. The lowest BCUT2D eigenvalue weighted by molar-refractivity contribution is 0.0935. The highest BCUT2D eigenvalue weighted by atomic mass is 127. The minimum Gasteiger partial charge on any atom is -0.369 e. The van der Waals surface area contributed by atoms with Crippen molar-refractivity contribution < 1.29 is 9.53 Å². The van der Waals surface area contributed by atoms with Crippen LogP contribution in [0.5, 0.6) is 0 Å². The lowest BCUT2D eigenvalue weighted by Crippen LogP contribution is -2.27. The molecular formula is C12H16INO2. The van der Waals surface area contributed by atoms with Crippen LogP contribution in [0.1, 0.15) is 22.8 Å². The molecule has 0 aromatic heterocycles. The number of amides is 1. The summed E-state index contributed by atoms with van der Waals surface area (Å²) in [7, 11) is 0. The molecule has 0 aliphatic heterocycles. The van der Waals surface area contributed by atoms with Crippen LogP contribution in [0.4, 0.5) is 0 Å². The molecule has 4 heteroatoms. The van der Waals surface area contributed by atoms with E-state index in [1.54, 1.807) is 0 Å². The van der Waals surface area contributed by atoms with E-state index < -0.39 is 0 Å². The van der Waals surface area contributed by atoms with Crippen LogP contribution in [0.15, 0.2) is 24.3 Å². The monoisotopic (exact) mass is 333 g/mol. The normalized spacial score (nSPS) is 10.1. The van der Waals surface area contributed by atoms with Gasteiger partial charge in [-0.3, -0.25) is 4.79 Å². The zero-order valence-electron chi connectivity index (χ0n) is 9.33. The number of hydrogen-bond acceptors (Lipinski definition) is 2. The SMILES string of the molecule is CCc1ccc(C(=O)NCCOCI)cc1. The molecule has 1 aromatic rings. The number of rotatable bonds is 6. The summed E-state index contributed by atoms with van der Waals surface area (Å²) < 4.78 is 5.78. The number of carbonyl (C=O) groups is 1. The van der Waals surface area contributed by atoms with Crippen molar-refractivity contribution in [2.75, 3.05) is 17.8 Å². The van der Waals surface area contributed by atoms with E-state index >= 15 is 0 Å². The van der Waals surface area contributed by atoms with E-state index in [9.17, 15) is 4.79 Å². The van der Waals surface area contributed by atoms with Gasteiger partial charge in [0.1, 0.15) is 0 Å². The molecule has 0 radical (unpaired) electrons. The van der Waals surface area contributed by atoms with Gasteiger partial charge in [-0.1, -0.05) is 41.6 Å². The first-order chi connectivity index (χ1) is 7.77. The Bertz CT molecular complexity index is 324. The number of ether oxygens (including phenoxy) is 1. The summed E-state index contributed by atoms with van der Waals surface area (Å²) in [6.45, 7) is 3.20. The molecule has 0 heterocycles. The van der Waals surface area contributed by atoms with Gasteiger partial charge in [-0.25, -0.2) is 0 Å². The van der Waals surface area contributed by atoms with Crippen LogP contribution >= 0.6 is 22.6 Å². The Morgan fingerprint density at radius 3 is 2.62 bits per heavy atom. The van der Waals surface area contributed by atoms with Crippen molar-refractivity contribution in [3.63, 3.8) is 0 Å². The van der Waals surface area contributed by atoms with Gasteiger partial charge in [-0.2, -0.15) is 0 Å². The lowest BCUT2D eigenvalue weighted by atomic mass is 10.1.